The Morgan fingerprint density at radius 3 is 2.69 bits per heavy atom. The van der Waals surface area contributed by atoms with Crippen molar-refractivity contribution in [3.05, 3.63) is 60.2 Å². The SMILES string of the molecule is CCCCOC(=O)CCCC=CC[C@@H]1C(C=C[C@H](O)CCc2ccccc2)[C@H](O)C[C@@H]1O. The molecule has 5 nitrogen and oxygen atoms in total. The highest BCUT2D eigenvalue weighted by Gasteiger charge is 2.39. The lowest BCUT2D eigenvalue weighted by Gasteiger charge is -2.19. The van der Waals surface area contributed by atoms with E-state index in [1.54, 1.807) is 6.08 Å². The van der Waals surface area contributed by atoms with Gasteiger partial charge in [0, 0.05) is 18.8 Å². The molecular formula is C27H40O5. The van der Waals surface area contributed by atoms with Gasteiger partial charge in [0.2, 0.25) is 0 Å². The first-order valence-electron chi connectivity index (χ1n) is 12.1. The van der Waals surface area contributed by atoms with Crippen LogP contribution in [-0.4, -0.2) is 46.2 Å². The number of benzene rings is 1. The molecule has 178 valence electrons. The Morgan fingerprint density at radius 1 is 1.16 bits per heavy atom. The number of hydrogen-bond donors (Lipinski definition) is 3. The van der Waals surface area contributed by atoms with E-state index in [-0.39, 0.29) is 17.8 Å². The van der Waals surface area contributed by atoms with E-state index in [9.17, 15) is 20.1 Å². The molecule has 0 bridgehead atoms. The second-order valence-electron chi connectivity index (χ2n) is 8.76. The molecule has 2 rings (SSSR count). The predicted octanol–water partition coefficient (Wildman–Crippen LogP) is 4.35. The number of aliphatic hydroxyl groups is 3. The van der Waals surface area contributed by atoms with Gasteiger partial charge >= 0.3 is 5.97 Å². The van der Waals surface area contributed by atoms with Crippen LogP contribution in [0.25, 0.3) is 0 Å². The van der Waals surface area contributed by atoms with Crippen molar-refractivity contribution >= 4 is 5.97 Å². The van der Waals surface area contributed by atoms with Gasteiger partial charge in [0.25, 0.3) is 0 Å². The van der Waals surface area contributed by atoms with Crippen molar-refractivity contribution in [3.63, 3.8) is 0 Å². The molecule has 1 saturated carbocycles. The maximum atomic E-state index is 11.6. The zero-order chi connectivity index (χ0) is 23.2. The number of aliphatic hydroxyl groups excluding tert-OH is 3. The minimum absolute atomic E-state index is 0.0715. The van der Waals surface area contributed by atoms with Crippen LogP contribution >= 0.6 is 0 Å². The van der Waals surface area contributed by atoms with Gasteiger partial charge in [0.1, 0.15) is 0 Å². The zero-order valence-corrected chi connectivity index (χ0v) is 19.3. The van der Waals surface area contributed by atoms with E-state index in [1.165, 1.54) is 5.56 Å². The number of hydrogen-bond acceptors (Lipinski definition) is 5. The lowest BCUT2D eigenvalue weighted by Crippen LogP contribution is -2.20. The van der Waals surface area contributed by atoms with E-state index in [4.69, 9.17) is 4.74 Å². The van der Waals surface area contributed by atoms with Gasteiger partial charge in [-0.25, -0.2) is 0 Å². The third-order valence-electron chi connectivity index (χ3n) is 6.13. The fourth-order valence-corrected chi connectivity index (χ4v) is 4.16. The summed E-state index contributed by atoms with van der Waals surface area (Å²) in [5.41, 5.74) is 1.19. The Bertz CT molecular complexity index is 699. The molecule has 1 fully saturated rings. The lowest BCUT2D eigenvalue weighted by atomic mass is 9.89. The second-order valence-corrected chi connectivity index (χ2v) is 8.76. The van der Waals surface area contributed by atoms with Gasteiger partial charge < -0.3 is 20.1 Å². The monoisotopic (exact) mass is 444 g/mol. The van der Waals surface area contributed by atoms with E-state index in [0.29, 0.717) is 32.3 Å². The molecule has 1 aromatic carbocycles. The summed E-state index contributed by atoms with van der Waals surface area (Å²) >= 11 is 0. The van der Waals surface area contributed by atoms with Crippen LogP contribution in [0.2, 0.25) is 0 Å². The summed E-state index contributed by atoms with van der Waals surface area (Å²) in [6.07, 6.45) is 12.3. The Balaban J connectivity index is 1.73. The van der Waals surface area contributed by atoms with E-state index in [2.05, 4.69) is 6.92 Å². The summed E-state index contributed by atoms with van der Waals surface area (Å²) in [7, 11) is 0. The van der Waals surface area contributed by atoms with Gasteiger partial charge in [-0.05, 0) is 50.0 Å². The molecule has 3 N–H and O–H groups in total. The molecule has 1 aromatic rings. The fraction of sp³-hybridized carbons (Fsp3) is 0.593. The molecule has 0 spiro atoms. The minimum atomic E-state index is -0.598. The molecule has 0 radical (unpaired) electrons. The number of aryl methyl sites for hydroxylation is 1. The molecule has 0 amide bonds. The standard InChI is InChI=1S/C27H40O5/c1-2-3-19-32-27(31)14-10-5-4-9-13-23-24(26(30)20-25(23)29)18-17-22(28)16-15-21-11-7-6-8-12-21/h4,6-9,11-12,17-18,22-26,28-30H,2-3,5,10,13-16,19-20H2,1H3/t22-,23-,24?,25+,26-/m1/s1. The number of ether oxygens (including phenoxy) is 1. The summed E-state index contributed by atoms with van der Waals surface area (Å²) in [5.74, 6) is -0.385. The van der Waals surface area contributed by atoms with Crippen molar-refractivity contribution in [2.75, 3.05) is 6.61 Å². The Hall–Kier alpha value is -1.95. The second kappa shape index (κ2) is 15.0. The quantitative estimate of drug-likeness (QED) is 0.226. The van der Waals surface area contributed by atoms with Gasteiger partial charge in [-0.15, -0.1) is 0 Å². The number of unbranched alkanes of at least 4 members (excludes halogenated alkanes) is 2. The van der Waals surface area contributed by atoms with Gasteiger partial charge in [-0.3, -0.25) is 4.79 Å². The van der Waals surface area contributed by atoms with Gasteiger partial charge in [0.15, 0.2) is 0 Å². The van der Waals surface area contributed by atoms with Gasteiger partial charge in [-0.2, -0.15) is 0 Å². The Morgan fingerprint density at radius 2 is 1.94 bits per heavy atom. The van der Waals surface area contributed by atoms with Crippen LogP contribution in [-0.2, 0) is 16.0 Å². The molecule has 5 atom stereocenters. The maximum Gasteiger partial charge on any atom is 0.305 e. The topological polar surface area (TPSA) is 87.0 Å². The molecule has 1 unspecified atom stereocenters. The average molecular weight is 445 g/mol. The molecule has 0 heterocycles. The van der Waals surface area contributed by atoms with Crippen LogP contribution in [0.1, 0.15) is 63.9 Å². The summed E-state index contributed by atoms with van der Waals surface area (Å²) < 4.78 is 5.15. The van der Waals surface area contributed by atoms with E-state index >= 15 is 0 Å². The highest BCUT2D eigenvalue weighted by atomic mass is 16.5. The van der Waals surface area contributed by atoms with Gasteiger partial charge in [0.05, 0.1) is 24.9 Å². The number of carbonyl (C=O) groups excluding carboxylic acids is 1. The predicted molar refractivity (Wildman–Crippen MR) is 127 cm³/mol. The molecule has 1 aliphatic rings. The fourth-order valence-electron chi connectivity index (χ4n) is 4.16. The molecule has 0 saturated heterocycles. The molecule has 5 heteroatoms. The maximum absolute atomic E-state index is 11.6. The van der Waals surface area contributed by atoms with Crippen LogP contribution in [0, 0.1) is 11.8 Å². The van der Waals surface area contributed by atoms with Gasteiger partial charge in [-0.1, -0.05) is 68.0 Å². The van der Waals surface area contributed by atoms with Crippen molar-refractivity contribution in [1.29, 1.82) is 0 Å². The van der Waals surface area contributed by atoms with Crippen LogP contribution < -0.4 is 0 Å². The van der Waals surface area contributed by atoms with E-state index < -0.39 is 18.3 Å². The molecule has 32 heavy (non-hydrogen) atoms. The van der Waals surface area contributed by atoms with Crippen LogP contribution in [0.4, 0.5) is 0 Å². The smallest absolute Gasteiger partial charge is 0.305 e. The average Bonchev–Trinajstić information content (AvgIpc) is 3.06. The van der Waals surface area contributed by atoms with Crippen LogP contribution in [0.3, 0.4) is 0 Å². The zero-order valence-electron chi connectivity index (χ0n) is 19.3. The van der Waals surface area contributed by atoms with Crippen molar-refractivity contribution < 1.29 is 24.9 Å². The molecule has 0 aliphatic heterocycles. The third-order valence-corrected chi connectivity index (χ3v) is 6.13. The number of rotatable bonds is 14. The van der Waals surface area contributed by atoms with Crippen molar-refractivity contribution in [2.24, 2.45) is 11.8 Å². The van der Waals surface area contributed by atoms with Crippen molar-refractivity contribution in [3.8, 4) is 0 Å². The van der Waals surface area contributed by atoms with Crippen molar-refractivity contribution in [2.45, 2.75) is 83.0 Å². The number of esters is 1. The number of carbonyl (C=O) groups is 1. The number of allylic oxidation sites excluding steroid dienone is 2. The first-order chi connectivity index (χ1) is 15.5. The molecule has 0 aromatic heterocycles. The molecule has 1 aliphatic carbocycles. The first kappa shape index (κ1) is 26.3. The third kappa shape index (κ3) is 9.68. The Kier molecular flexibility index (Phi) is 12.3. The van der Waals surface area contributed by atoms with Crippen LogP contribution in [0.15, 0.2) is 54.6 Å². The van der Waals surface area contributed by atoms with E-state index in [0.717, 1.165) is 32.1 Å². The first-order valence-corrected chi connectivity index (χ1v) is 12.1. The normalized spacial score (nSPS) is 24.4. The summed E-state index contributed by atoms with van der Waals surface area (Å²) in [4.78, 5) is 11.6. The lowest BCUT2D eigenvalue weighted by molar-refractivity contribution is -0.143. The largest absolute Gasteiger partial charge is 0.466 e. The van der Waals surface area contributed by atoms with Crippen LogP contribution in [0.5, 0.6) is 0 Å². The summed E-state index contributed by atoms with van der Waals surface area (Å²) in [6.45, 7) is 2.57. The highest BCUT2D eigenvalue weighted by Crippen LogP contribution is 2.36. The highest BCUT2D eigenvalue weighted by molar-refractivity contribution is 5.69. The minimum Gasteiger partial charge on any atom is -0.466 e. The van der Waals surface area contributed by atoms with E-state index in [1.807, 2.05) is 48.6 Å². The summed E-state index contributed by atoms with van der Waals surface area (Å²) in [5, 5.41) is 31.1. The molecular weight excluding hydrogens is 404 g/mol. The Labute approximate surface area is 192 Å². The van der Waals surface area contributed by atoms with Crippen molar-refractivity contribution in [1.82, 2.24) is 0 Å². The summed E-state index contributed by atoms with van der Waals surface area (Å²) in [6, 6.07) is 10.1.